The molecule has 1 aromatic heterocycles. The molecular weight excluding hydrogens is 408 g/mol. The van der Waals surface area contributed by atoms with Crippen molar-refractivity contribution in [3.63, 3.8) is 0 Å². The second kappa shape index (κ2) is 6.64. The molecule has 30 heavy (non-hydrogen) atoms. The van der Waals surface area contributed by atoms with E-state index < -0.39 is 32.7 Å². The van der Waals surface area contributed by atoms with Gasteiger partial charge in [-0.2, -0.15) is 4.68 Å². The number of sulfonamides is 1. The van der Waals surface area contributed by atoms with Crippen molar-refractivity contribution in [1.82, 2.24) is 14.0 Å². The molecule has 9 nitrogen and oxygen atoms in total. The third-order valence-corrected chi connectivity index (χ3v) is 7.49. The molecule has 160 valence electrons. The molecule has 0 unspecified atom stereocenters. The van der Waals surface area contributed by atoms with Crippen LogP contribution < -0.4 is 21.4 Å². The molecule has 0 aliphatic heterocycles. The molecule has 4 rings (SSSR count). The second-order valence-corrected chi connectivity index (χ2v) is 10.5. The summed E-state index contributed by atoms with van der Waals surface area (Å²) in [6, 6.07) is 4.13. The van der Waals surface area contributed by atoms with Crippen molar-refractivity contribution in [1.29, 1.82) is 0 Å². The fourth-order valence-corrected chi connectivity index (χ4v) is 4.84. The Morgan fingerprint density at radius 3 is 2.43 bits per heavy atom. The monoisotopic (exact) mass is 432 g/mol. The van der Waals surface area contributed by atoms with Crippen molar-refractivity contribution >= 4 is 26.8 Å². The summed E-state index contributed by atoms with van der Waals surface area (Å²) >= 11 is 0. The van der Waals surface area contributed by atoms with Crippen molar-refractivity contribution in [2.45, 2.75) is 56.5 Å². The van der Waals surface area contributed by atoms with Crippen LogP contribution in [0.5, 0.6) is 0 Å². The number of rotatable bonds is 7. The van der Waals surface area contributed by atoms with Crippen LogP contribution in [0, 0.1) is 5.41 Å². The van der Waals surface area contributed by atoms with Gasteiger partial charge in [0.25, 0.3) is 11.5 Å². The molecule has 1 heterocycles. The van der Waals surface area contributed by atoms with E-state index in [1.54, 1.807) is 0 Å². The first-order chi connectivity index (χ1) is 14.0. The smallest absolute Gasteiger partial charge is 0.291 e. The first kappa shape index (κ1) is 20.5. The molecule has 2 saturated carbocycles. The minimum Gasteiger partial charge on any atom is -0.291 e. The maximum atomic E-state index is 13.0. The maximum Gasteiger partial charge on any atom is 0.350 e. The van der Waals surface area contributed by atoms with Crippen LogP contribution >= 0.6 is 0 Å². The van der Waals surface area contributed by atoms with Gasteiger partial charge in [0.15, 0.2) is 0 Å². The van der Waals surface area contributed by atoms with Gasteiger partial charge in [-0.1, -0.05) is 13.5 Å². The fraction of sp³-hybridized carbons (Fsp3) is 0.450. The lowest BCUT2D eigenvalue weighted by molar-refractivity contribution is -0.112. The van der Waals surface area contributed by atoms with Gasteiger partial charge in [-0.3, -0.25) is 19.6 Å². The van der Waals surface area contributed by atoms with Crippen molar-refractivity contribution in [2.24, 2.45) is 5.41 Å². The van der Waals surface area contributed by atoms with Gasteiger partial charge in [0.2, 0.25) is 10.0 Å². The zero-order valence-corrected chi connectivity index (χ0v) is 17.7. The molecule has 0 bridgehead atoms. The van der Waals surface area contributed by atoms with Crippen LogP contribution in [0.1, 0.15) is 39.5 Å². The van der Waals surface area contributed by atoms with Crippen LogP contribution in [-0.2, 0) is 21.4 Å². The highest BCUT2D eigenvalue weighted by Gasteiger charge is 2.41. The number of hydrogen-bond donors (Lipinski definition) is 2. The lowest BCUT2D eigenvalue weighted by Crippen LogP contribution is -2.47. The summed E-state index contributed by atoms with van der Waals surface area (Å²) in [5.41, 5.74) is 0.533. The van der Waals surface area contributed by atoms with Crippen LogP contribution in [0.15, 0.2) is 45.3 Å². The minimum atomic E-state index is -3.84. The number of carbonyl (C=O) groups is 1. The molecular formula is C20H24N4O5S. The van der Waals surface area contributed by atoms with Gasteiger partial charge in [-0.15, -0.1) is 0 Å². The molecule has 0 radical (unpaired) electrons. The van der Waals surface area contributed by atoms with Crippen molar-refractivity contribution < 1.29 is 13.2 Å². The third-order valence-electron chi connectivity index (χ3n) is 5.86. The number of nitrogens with one attached hydrogen (secondary N) is 2. The number of nitrogens with zero attached hydrogens (tertiary/aromatic N) is 2. The van der Waals surface area contributed by atoms with Gasteiger partial charge < -0.3 is 0 Å². The predicted octanol–water partition coefficient (Wildman–Crippen LogP) is 1.05. The van der Waals surface area contributed by atoms with Crippen molar-refractivity contribution in [3.05, 3.63) is 51.7 Å². The summed E-state index contributed by atoms with van der Waals surface area (Å²) in [4.78, 5) is 37.7. The molecule has 2 aliphatic rings. The van der Waals surface area contributed by atoms with E-state index in [9.17, 15) is 22.8 Å². The van der Waals surface area contributed by atoms with Gasteiger partial charge in [-0.25, -0.2) is 17.9 Å². The Bertz CT molecular complexity index is 1300. The van der Waals surface area contributed by atoms with E-state index in [0.29, 0.717) is 16.7 Å². The van der Waals surface area contributed by atoms with E-state index in [1.165, 1.54) is 22.8 Å². The minimum absolute atomic E-state index is 0.0343. The van der Waals surface area contributed by atoms with Crippen LogP contribution in [0.4, 0.5) is 0 Å². The van der Waals surface area contributed by atoms with Gasteiger partial charge in [0.1, 0.15) is 0 Å². The SMILES string of the molecule is C=CC(=O)Nn1c(=O)c2cc(S(=O)(=O)NC3(C)CC3)ccc2n(CC2(C)CC2)c1=O. The van der Waals surface area contributed by atoms with Crippen molar-refractivity contribution in [3.8, 4) is 0 Å². The number of benzene rings is 1. The highest BCUT2D eigenvalue weighted by Crippen LogP contribution is 2.46. The molecule has 1 aromatic carbocycles. The van der Waals surface area contributed by atoms with E-state index in [4.69, 9.17) is 0 Å². The molecule has 0 saturated heterocycles. The Balaban J connectivity index is 1.91. The van der Waals surface area contributed by atoms with Gasteiger partial charge in [-0.05, 0) is 62.3 Å². The van der Waals surface area contributed by atoms with E-state index in [0.717, 1.165) is 31.8 Å². The molecule has 2 aliphatic carbocycles. The summed E-state index contributed by atoms with van der Waals surface area (Å²) in [6.07, 6.45) is 4.32. The standard InChI is InChI=1S/C20H24N4O5S/c1-4-16(25)21-24-17(26)14-11-13(30(28,29)22-20(3)9-10-20)5-6-15(14)23(18(24)27)12-19(2)7-8-19/h4-6,11,22H,1,7-10,12H2,2-3H3,(H,21,25). The summed E-state index contributed by atoms with van der Waals surface area (Å²) < 4.78 is 30.2. The van der Waals surface area contributed by atoms with E-state index in [2.05, 4.69) is 16.7 Å². The maximum absolute atomic E-state index is 13.0. The number of aromatic nitrogens is 2. The Hall–Kier alpha value is -2.72. The molecule has 2 fully saturated rings. The Kier molecular flexibility index (Phi) is 4.55. The molecule has 0 atom stereocenters. The van der Waals surface area contributed by atoms with E-state index in [-0.39, 0.29) is 15.7 Å². The first-order valence-corrected chi connectivity index (χ1v) is 11.2. The Morgan fingerprint density at radius 1 is 1.20 bits per heavy atom. The highest BCUT2D eigenvalue weighted by molar-refractivity contribution is 7.89. The van der Waals surface area contributed by atoms with E-state index in [1.807, 2.05) is 13.8 Å². The normalized spacial score (nSPS) is 18.7. The third kappa shape index (κ3) is 3.72. The highest BCUT2D eigenvalue weighted by atomic mass is 32.2. The summed E-state index contributed by atoms with van der Waals surface area (Å²) in [6.45, 7) is 7.54. The summed E-state index contributed by atoms with van der Waals surface area (Å²) in [5, 5.41) is 0.0343. The summed E-state index contributed by atoms with van der Waals surface area (Å²) in [5.74, 6) is -0.718. The predicted molar refractivity (Wildman–Crippen MR) is 112 cm³/mol. The van der Waals surface area contributed by atoms with E-state index >= 15 is 0 Å². The van der Waals surface area contributed by atoms with Crippen LogP contribution in [0.25, 0.3) is 10.9 Å². The van der Waals surface area contributed by atoms with Gasteiger partial charge in [0, 0.05) is 12.1 Å². The largest absolute Gasteiger partial charge is 0.350 e. The van der Waals surface area contributed by atoms with Gasteiger partial charge in [0.05, 0.1) is 15.8 Å². The second-order valence-electron chi connectivity index (χ2n) is 8.85. The number of fused-ring (bicyclic) bond motifs is 1. The average Bonchev–Trinajstić information content (AvgIpc) is 3.60. The van der Waals surface area contributed by atoms with Crippen LogP contribution in [0.3, 0.4) is 0 Å². The number of hydrogen-bond acceptors (Lipinski definition) is 5. The molecule has 1 amide bonds. The fourth-order valence-electron chi connectivity index (χ4n) is 3.35. The Labute approximate surface area is 173 Å². The number of amides is 1. The zero-order valence-electron chi connectivity index (χ0n) is 16.9. The van der Waals surface area contributed by atoms with Gasteiger partial charge >= 0.3 is 5.69 Å². The lowest BCUT2D eigenvalue weighted by atomic mass is 10.1. The number of carbonyl (C=O) groups excluding carboxylic acids is 1. The molecule has 10 heteroatoms. The Morgan fingerprint density at radius 2 is 1.87 bits per heavy atom. The zero-order chi connectivity index (χ0) is 21.9. The molecule has 2 aromatic rings. The molecule has 0 spiro atoms. The molecule has 2 N–H and O–H groups in total. The van der Waals surface area contributed by atoms with Crippen LogP contribution in [-0.4, -0.2) is 29.1 Å². The first-order valence-electron chi connectivity index (χ1n) is 9.74. The van der Waals surface area contributed by atoms with Crippen molar-refractivity contribution in [2.75, 3.05) is 5.43 Å². The average molecular weight is 433 g/mol. The topological polar surface area (TPSA) is 119 Å². The lowest BCUT2D eigenvalue weighted by Gasteiger charge is -2.18. The van der Waals surface area contributed by atoms with Crippen LogP contribution in [0.2, 0.25) is 0 Å². The quantitative estimate of drug-likeness (QED) is 0.634. The summed E-state index contributed by atoms with van der Waals surface area (Å²) in [7, 11) is -3.84.